The van der Waals surface area contributed by atoms with E-state index in [2.05, 4.69) is 41.8 Å². The van der Waals surface area contributed by atoms with Gasteiger partial charge in [-0.25, -0.2) is 0 Å². The first kappa shape index (κ1) is 12.8. The molecule has 0 bridgehead atoms. The van der Waals surface area contributed by atoms with Crippen LogP contribution in [-0.4, -0.2) is 9.67 Å². The van der Waals surface area contributed by atoms with Gasteiger partial charge in [-0.15, -0.1) is 0 Å². The van der Waals surface area contributed by atoms with Crippen molar-refractivity contribution in [2.45, 2.75) is 19.8 Å². The molecule has 20 heavy (non-hydrogen) atoms. The number of rotatable bonds is 3. The van der Waals surface area contributed by atoms with Crippen molar-refractivity contribution in [1.29, 1.82) is 0 Å². The van der Waals surface area contributed by atoms with Crippen molar-refractivity contribution >= 4 is 10.9 Å². The Morgan fingerprint density at radius 3 is 2.45 bits per heavy atom. The first-order chi connectivity index (χ1) is 9.69. The Bertz CT molecular complexity index is 738. The van der Waals surface area contributed by atoms with E-state index >= 15 is 0 Å². The highest BCUT2D eigenvalue weighted by Gasteiger charge is 2.08. The lowest BCUT2D eigenvalue weighted by molar-refractivity contribution is 0.476. The van der Waals surface area contributed by atoms with E-state index in [-0.39, 0.29) is 0 Å². The molecule has 3 rings (SSSR count). The van der Waals surface area contributed by atoms with Crippen molar-refractivity contribution in [3.63, 3.8) is 0 Å². The molecule has 2 heteroatoms. The maximum absolute atomic E-state index is 9.62. The van der Waals surface area contributed by atoms with Crippen molar-refractivity contribution in [1.82, 2.24) is 4.57 Å². The number of aromatic nitrogens is 1. The first-order valence-corrected chi connectivity index (χ1v) is 7.07. The van der Waals surface area contributed by atoms with E-state index in [0.717, 1.165) is 17.3 Å². The van der Waals surface area contributed by atoms with Crippen molar-refractivity contribution in [2.75, 3.05) is 0 Å². The zero-order valence-electron chi connectivity index (χ0n) is 11.9. The summed E-state index contributed by atoms with van der Waals surface area (Å²) in [7, 11) is 2.04. The number of phenolic OH excluding ortho intramolecular Hbond substituents is 1. The van der Waals surface area contributed by atoms with Gasteiger partial charge < -0.3 is 9.67 Å². The zero-order valence-corrected chi connectivity index (χ0v) is 11.9. The minimum absolute atomic E-state index is 0.309. The van der Waals surface area contributed by atoms with E-state index < -0.39 is 0 Å². The number of benzene rings is 2. The van der Waals surface area contributed by atoms with Gasteiger partial charge in [0.15, 0.2) is 0 Å². The smallest absolute Gasteiger partial charge is 0.117 e. The van der Waals surface area contributed by atoms with Crippen molar-refractivity contribution in [3.8, 4) is 17.0 Å². The molecule has 0 fully saturated rings. The molecule has 0 unspecified atom stereocenters. The van der Waals surface area contributed by atoms with Crippen LogP contribution in [0.2, 0.25) is 0 Å². The fourth-order valence-corrected chi connectivity index (χ4v) is 2.73. The fraction of sp³-hybridized carbons (Fsp3) is 0.222. The predicted molar refractivity (Wildman–Crippen MR) is 84.0 cm³/mol. The van der Waals surface area contributed by atoms with Gasteiger partial charge >= 0.3 is 0 Å². The molecule has 0 aliphatic heterocycles. The van der Waals surface area contributed by atoms with Crippen molar-refractivity contribution < 1.29 is 5.11 Å². The van der Waals surface area contributed by atoms with E-state index in [1.54, 1.807) is 6.07 Å². The minimum atomic E-state index is 0.309. The lowest BCUT2D eigenvalue weighted by Gasteiger charge is -2.06. The molecule has 0 amide bonds. The van der Waals surface area contributed by atoms with Gasteiger partial charge in [-0.3, -0.25) is 0 Å². The van der Waals surface area contributed by atoms with Gasteiger partial charge in [-0.2, -0.15) is 0 Å². The summed E-state index contributed by atoms with van der Waals surface area (Å²) >= 11 is 0. The normalized spacial score (nSPS) is 11.1. The molecule has 1 N–H and O–H groups in total. The van der Waals surface area contributed by atoms with Gasteiger partial charge in [0.2, 0.25) is 0 Å². The van der Waals surface area contributed by atoms with Crippen molar-refractivity contribution in [2.24, 2.45) is 7.05 Å². The SMILES string of the molecule is CCCc1ccc(-c2cc3ccc(O)cc3n2C)cc1. The Morgan fingerprint density at radius 1 is 1.00 bits per heavy atom. The molecule has 0 saturated heterocycles. The highest BCUT2D eigenvalue weighted by atomic mass is 16.3. The minimum Gasteiger partial charge on any atom is -0.508 e. The van der Waals surface area contributed by atoms with Gasteiger partial charge in [-0.05, 0) is 35.7 Å². The summed E-state index contributed by atoms with van der Waals surface area (Å²) < 4.78 is 2.13. The van der Waals surface area contributed by atoms with Crippen LogP contribution in [0.1, 0.15) is 18.9 Å². The second kappa shape index (κ2) is 5.04. The quantitative estimate of drug-likeness (QED) is 0.741. The molecule has 0 saturated carbocycles. The van der Waals surface area contributed by atoms with Crippen LogP contribution in [0.4, 0.5) is 0 Å². The molecule has 1 aromatic heterocycles. The Balaban J connectivity index is 2.07. The van der Waals surface area contributed by atoms with Crippen LogP contribution in [0.25, 0.3) is 22.2 Å². The van der Waals surface area contributed by atoms with E-state index in [9.17, 15) is 5.11 Å². The summed E-state index contributed by atoms with van der Waals surface area (Å²) in [6.07, 6.45) is 2.30. The van der Waals surface area contributed by atoms with Crippen LogP contribution < -0.4 is 0 Å². The molecule has 0 radical (unpaired) electrons. The summed E-state index contributed by atoms with van der Waals surface area (Å²) in [5.74, 6) is 0.309. The van der Waals surface area contributed by atoms with Gasteiger partial charge in [-0.1, -0.05) is 37.6 Å². The number of hydrogen-bond donors (Lipinski definition) is 1. The fourth-order valence-electron chi connectivity index (χ4n) is 2.73. The molecule has 0 aliphatic rings. The summed E-state index contributed by atoms with van der Waals surface area (Å²) in [6.45, 7) is 2.20. The van der Waals surface area contributed by atoms with Gasteiger partial charge in [0.25, 0.3) is 0 Å². The number of aryl methyl sites for hydroxylation is 2. The Labute approximate surface area is 119 Å². The molecule has 3 aromatic rings. The third-order valence-electron chi connectivity index (χ3n) is 3.82. The van der Waals surface area contributed by atoms with Crippen LogP contribution in [0.3, 0.4) is 0 Å². The number of nitrogens with zero attached hydrogens (tertiary/aromatic N) is 1. The molecule has 2 aromatic carbocycles. The molecule has 0 atom stereocenters. The molecule has 2 nitrogen and oxygen atoms in total. The second-order valence-electron chi connectivity index (χ2n) is 5.28. The van der Waals surface area contributed by atoms with Crippen LogP contribution in [0, 0.1) is 0 Å². The van der Waals surface area contributed by atoms with Crippen LogP contribution in [-0.2, 0) is 13.5 Å². The summed E-state index contributed by atoms with van der Waals surface area (Å²) in [4.78, 5) is 0. The second-order valence-corrected chi connectivity index (χ2v) is 5.28. The average molecular weight is 265 g/mol. The zero-order chi connectivity index (χ0) is 14.1. The summed E-state index contributed by atoms with van der Waals surface area (Å²) in [6, 6.07) is 16.4. The van der Waals surface area contributed by atoms with Gasteiger partial charge in [0.1, 0.15) is 5.75 Å². The summed E-state index contributed by atoms with van der Waals surface area (Å²) in [5, 5.41) is 10.8. The van der Waals surface area contributed by atoms with E-state index in [1.807, 2.05) is 19.2 Å². The monoisotopic (exact) mass is 265 g/mol. The Hall–Kier alpha value is -2.22. The van der Waals surface area contributed by atoms with Crippen molar-refractivity contribution in [3.05, 3.63) is 54.1 Å². The first-order valence-electron chi connectivity index (χ1n) is 7.07. The van der Waals surface area contributed by atoms with Crippen LogP contribution in [0.5, 0.6) is 5.75 Å². The molecule has 0 aliphatic carbocycles. The molecule has 1 heterocycles. The summed E-state index contributed by atoms with van der Waals surface area (Å²) in [5.41, 5.74) is 4.82. The maximum Gasteiger partial charge on any atom is 0.117 e. The molecular weight excluding hydrogens is 246 g/mol. The lowest BCUT2D eigenvalue weighted by atomic mass is 10.1. The largest absolute Gasteiger partial charge is 0.508 e. The average Bonchev–Trinajstić information content (AvgIpc) is 2.77. The Morgan fingerprint density at radius 2 is 1.75 bits per heavy atom. The maximum atomic E-state index is 9.62. The Kier molecular flexibility index (Phi) is 3.23. The van der Waals surface area contributed by atoms with Gasteiger partial charge in [0.05, 0.1) is 5.52 Å². The molecule has 102 valence electrons. The van der Waals surface area contributed by atoms with E-state index in [4.69, 9.17) is 0 Å². The van der Waals surface area contributed by atoms with E-state index in [0.29, 0.717) is 5.75 Å². The van der Waals surface area contributed by atoms with E-state index in [1.165, 1.54) is 23.2 Å². The molecule has 0 spiro atoms. The van der Waals surface area contributed by atoms with Crippen LogP contribution >= 0.6 is 0 Å². The third-order valence-corrected chi connectivity index (χ3v) is 3.82. The third kappa shape index (κ3) is 2.18. The number of fused-ring (bicyclic) bond motifs is 1. The molecular formula is C18H19NO. The highest BCUT2D eigenvalue weighted by Crippen LogP contribution is 2.29. The van der Waals surface area contributed by atoms with Gasteiger partial charge in [0, 0.05) is 24.2 Å². The standard InChI is InChI=1S/C18H19NO/c1-3-4-13-5-7-14(8-6-13)17-11-15-9-10-16(20)12-18(15)19(17)2/h5-12,20H,3-4H2,1-2H3. The number of phenols is 1. The highest BCUT2D eigenvalue weighted by molar-refractivity contribution is 5.87. The number of aromatic hydroxyl groups is 1. The van der Waals surface area contributed by atoms with Crippen LogP contribution in [0.15, 0.2) is 48.5 Å². The number of hydrogen-bond acceptors (Lipinski definition) is 1. The lowest BCUT2D eigenvalue weighted by Crippen LogP contribution is -1.91. The predicted octanol–water partition coefficient (Wildman–Crippen LogP) is 4.50. The topological polar surface area (TPSA) is 25.2 Å².